The molecule has 0 aromatic heterocycles. The molecule has 0 amide bonds. The lowest BCUT2D eigenvalue weighted by Crippen LogP contribution is -2.29. The summed E-state index contributed by atoms with van der Waals surface area (Å²) in [4.78, 5) is -0.344. The lowest BCUT2D eigenvalue weighted by molar-refractivity contribution is 0.543. The Hall–Kier alpha value is -3.35. The van der Waals surface area contributed by atoms with Gasteiger partial charge < -0.3 is 0 Å². The summed E-state index contributed by atoms with van der Waals surface area (Å²) in [5, 5.41) is 0. The first-order valence-electron chi connectivity index (χ1n) is 15.3. The van der Waals surface area contributed by atoms with Crippen LogP contribution < -0.4 is 0 Å². The smallest absolute Gasteiger partial charge is 0.0731 e. The van der Waals surface area contributed by atoms with Crippen molar-refractivity contribution in [3.05, 3.63) is 142 Å². The van der Waals surface area contributed by atoms with Crippen LogP contribution >= 0.6 is 11.6 Å². The summed E-state index contributed by atoms with van der Waals surface area (Å²) < 4.78 is 0. The van der Waals surface area contributed by atoms with Gasteiger partial charge in [0.15, 0.2) is 0 Å². The third kappa shape index (κ3) is 4.51. The average Bonchev–Trinajstić information content (AvgIpc) is 3.37. The van der Waals surface area contributed by atoms with Crippen LogP contribution in [0.5, 0.6) is 0 Å². The highest BCUT2D eigenvalue weighted by molar-refractivity contribution is 6.25. The van der Waals surface area contributed by atoms with E-state index in [-0.39, 0.29) is 15.7 Å². The average molecular weight is 571 g/mol. The molecule has 0 saturated carbocycles. The molecule has 0 bridgehead atoms. The predicted octanol–water partition coefficient (Wildman–Crippen LogP) is 11.6. The van der Waals surface area contributed by atoms with Gasteiger partial charge in [0.2, 0.25) is 0 Å². The van der Waals surface area contributed by atoms with Gasteiger partial charge in [0.25, 0.3) is 0 Å². The molecule has 6 rings (SSSR count). The number of hydrogen-bond donors (Lipinski definition) is 0. The van der Waals surface area contributed by atoms with Gasteiger partial charge in [0, 0.05) is 0 Å². The Kier molecular flexibility index (Phi) is 6.74. The van der Waals surface area contributed by atoms with E-state index >= 15 is 0 Å². The molecule has 3 aromatic rings. The molecule has 42 heavy (non-hydrogen) atoms. The van der Waals surface area contributed by atoms with E-state index in [9.17, 15) is 0 Å². The van der Waals surface area contributed by atoms with Crippen LogP contribution in [-0.4, -0.2) is 4.87 Å². The molecule has 3 aliphatic rings. The van der Waals surface area contributed by atoms with Crippen LogP contribution in [0.4, 0.5) is 0 Å². The molecule has 1 spiro atoms. The van der Waals surface area contributed by atoms with Crippen molar-refractivity contribution in [2.45, 2.75) is 77.5 Å². The fourth-order valence-electron chi connectivity index (χ4n) is 7.01. The van der Waals surface area contributed by atoms with Crippen molar-refractivity contribution < 1.29 is 0 Å². The maximum Gasteiger partial charge on any atom is 0.0731 e. The second-order valence-electron chi connectivity index (χ2n) is 14.5. The highest BCUT2D eigenvalue weighted by Gasteiger charge is 2.53. The van der Waals surface area contributed by atoms with Crippen LogP contribution in [0.2, 0.25) is 0 Å². The molecule has 3 aliphatic carbocycles. The third-order valence-corrected chi connectivity index (χ3v) is 9.34. The summed E-state index contributed by atoms with van der Waals surface area (Å²) in [6, 6.07) is 23.2. The zero-order valence-corrected chi connectivity index (χ0v) is 27.2. The van der Waals surface area contributed by atoms with Crippen LogP contribution in [-0.2, 0) is 10.8 Å². The number of rotatable bonds is 3. The second-order valence-corrected chi connectivity index (χ2v) is 15.4. The van der Waals surface area contributed by atoms with Gasteiger partial charge in [-0.15, -0.1) is 11.6 Å². The molecule has 0 nitrogen and oxygen atoms in total. The van der Waals surface area contributed by atoms with Crippen molar-refractivity contribution in [3.63, 3.8) is 0 Å². The standard InChI is InChI=1S/C41H43Cl/c1-9-13-30-32-19-18-28(39(5,6)7)26-36(32)41(35(30)22-23-38(2,3)4)34-17-11-10-14-31(34)33-16-12-15-29(37(33)41)27-20-24-40(8,42)25-21-27/h9-24,26H,25H2,1-8H3/b13-9-,23-22?. The van der Waals surface area contributed by atoms with Crippen LogP contribution in [0.25, 0.3) is 22.3 Å². The summed E-state index contributed by atoms with van der Waals surface area (Å²) in [6.07, 6.45) is 16.9. The largest absolute Gasteiger partial charge is 0.115 e. The van der Waals surface area contributed by atoms with E-state index in [4.69, 9.17) is 11.6 Å². The van der Waals surface area contributed by atoms with Gasteiger partial charge in [-0.05, 0) is 92.3 Å². The molecule has 2 atom stereocenters. The molecule has 0 aliphatic heterocycles. The molecule has 2 unspecified atom stereocenters. The van der Waals surface area contributed by atoms with Gasteiger partial charge in [0.1, 0.15) is 0 Å². The Morgan fingerprint density at radius 1 is 0.786 bits per heavy atom. The minimum atomic E-state index is -0.438. The SMILES string of the molecule is C/C=C\C1=C(C=CC(C)(C)C)C2(c3cc(C(C)(C)C)ccc31)c1ccccc1-c1cccc(C3=CCC(C)(Cl)C=C3)c12. The quantitative estimate of drug-likeness (QED) is 0.275. The van der Waals surface area contributed by atoms with Crippen molar-refractivity contribution in [2.24, 2.45) is 5.41 Å². The minimum Gasteiger partial charge on any atom is -0.115 e. The van der Waals surface area contributed by atoms with Gasteiger partial charge in [-0.3, -0.25) is 0 Å². The normalized spacial score (nSPS) is 23.2. The van der Waals surface area contributed by atoms with Gasteiger partial charge in [-0.2, -0.15) is 0 Å². The van der Waals surface area contributed by atoms with Gasteiger partial charge >= 0.3 is 0 Å². The molecule has 0 radical (unpaired) electrons. The maximum atomic E-state index is 6.77. The van der Waals surface area contributed by atoms with E-state index in [1.807, 2.05) is 0 Å². The molecule has 3 aromatic carbocycles. The van der Waals surface area contributed by atoms with E-state index in [0.29, 0.717) is 0 Å². The van der Waals surface area contributed by atoms with E-state index < -0.39 is 5.41 Å². The second kappa shape index (κ2) is 9.85. The highest BCUT2D eigenvalue weighted by atomic mass is 35.5. The fraction of sp³-hybridized carbons (Fsp3) is 0.317. The van der Waals surface area contributed by atoms with Crippen molar-refractivity contribution in [3.8, 4) is 11.1 Å². The predicted molar refractivity (Wildman–Crippen MR) is 183 cm³/mol. The van der Waals surface area contributed by atoms with Crippen LogP contribution in [0.15, 0.2) is 109 Å². The number of allylic oxidation sites excluding steroid dienone is 10. The van der Waals surface area contributed by atoms with E-state index in [1.54, 1.807) is 0 Å². The maximum absolute atomic E-state index is 6.77. The molecule has 0 saturated heterocycles. The summed E-state index contributed by atoms with van der Waals surface area (Å²) in [5.41, 5.74) is 14.3. The van der Waals surface area contributed by atoms with Gasteiger partial charge in [-0.25, -0.2) is 0 Å². The van der Waals surface area contributed by atoms with Crippen molar-refractivity contribution in [1.29, 1.82) is 0 Å². The van der Waals surface area contributed by atoms with E-state index in [1.165, 1.54) is 61.2 Å². The number of halogens is 1. The van der Waals surface area contributed by atoms with Gasteiger partial charge in [-0.1, -0.05) is 145 Å². The summed E-state index contributed by atoms with van der Waals surface area (Å²) in [5.74, 6) is 0. The Balaban J connectivity index is 1.80. The van der Waals surface area contributed by atoms with Crippen molar-refractivity contribution >= 4 is 22.7 Å². The first-order valence-corrected chi connectivity index (χ1v) is 15.7. The number of hydrogen-bond acceptors (Lipinski definition) is 0. The number of benzene rings is 3. The fourth-order valence-corrected chi connectivity index (χ4v) is 7.15. The lowest BCUT2D eigenvalue weighted by Gasteiger charge is -2.35. The summed E-state index contributed by atoms with van der Waals surface area (Å²) in [7, 11) is 0. The van der Waals surface area contributed by atoms with Gasteiger partial charge in [0.05, 0.1) is 10.3 Å². The van der Waals surface area contributed by atoms with Crippen LogP contribution in [0.1, 0.15) is 95.2 Å². The van der Waals surface area contributed by atoms with E-state index in [0.717, 1.165) is 6.42 Å². The number of fused-ring (bicyclic) bond motifs is 7. The molecule has 0 heterocycles. The summed E-state index contributed by atoms with van der Waals surface area (Å²) >= 11 is 6.77. The molecular formula is C41H43Cl. The highest BCUT2D eigenvalue weighted by Crippen LogP contribution is 2.64. The number of alkyl halides is 1. The molecule has 0 N–H and O–H groups in total. The van der Waals surface area contributed by atoms with Crippen LogP contribution in [0, 0.1) is 5.41 Å². The van der Waals surface area contributed by atoms with E-state index in [2.05, 4.69) is 159 Å². The minimum absolute atomic E-state index is 0.0287. The monoisotopic (exact) mass is 570 g/mol. The summed E-state index contributed by atoms with van der Waals surface area (Å²) in [6.45, 7) is 18.0. The third-order valence-electron chi connectivity index (χ3n) is 9.06. The topological polar surface area (TPSA) is 0 Å². The zero-order chi connectivity index (χ0) is 30.1. The van der Waals surface area contributed by atoms with Crippen LogP contribution in [0.3, 0.4) is 0 Å². The Morgan fingerprint density at radius 3 is 2.17 bits per heavy atom. The molecule has 214 valence electrons. The Morgan fingerprint density at radius 2 is 1.50 bits per heavy atom. The zero-order valence-electron chi connectivity index (χ0n) is 26.4. The molecular weight excluding hydrogens is 528 g/mol. The molecule has 0 fully saturated rings. The van der Waals surface area contributed by atoms with Crippen molar-refractivity contribution in [1.82, 2.24) is 0 Å². The lowest BCUT2D eigenvalue weighted by atomic mass is 9.66. The molecule has 1 heteroatoms. The first kappa shape index (κ1) is 28.8. The Labute approximate surface area is 258 Å². The van der Waals surface area contributed by atoms with Crippen molar-refractivity contribution in [2.75, 3.05) is 0 Å². The first-order chi connectivity index (χ1) is 19.8. The Bertz CT molecular complexity index is 1740.